The van der Waals surface area contributed by atoms with Crippen molar-refractivity contribution < 1.29 is 0 Å². The van der Waals surface area contributed by atoms with E-state index >= 15 is 0 Å². The Morgan fingerprint density at radius 2 is 1.11 bits per heavy atom. The van der Waals surface area contributed by atoms with Gasteiger partial charge in [-0.1, -0.05) is 121 Å². The van der Waals surface area contributed by atoms with Gasteiger partial charge in [0.05, 0.1) is 0 Å². The summed E-state index contributed by atoms with van der Waals surface area (Å²) < 4.78 is 2.13. The molecule has 0 amide bonds. The fraction of sp³-hybridized carbons (Fsp3) is 0.0303. The van der Waals surface area contributed by atoms with Crippen LogP contribution in [0.25, 0.3) is 60.8 Å². The standard InChI is InChI=1S/C33H23N3/c1-22-13-15-26(16-14-22)32-34-35-33-30-11-5-4-10-29(30)31(21-36(32)33)25-19-17-24(18-20-25)28-12-6-8-23-7-2-3-9-27(23)28/h2-21H,1H3. The molecule has 0 unspecified atom stereocenters. The van der Waals surface area contributed by atoms with Crippen LogP contribution in [0.2, 0.25) is 0 Å². The lowest BCUT2D eigenvalue weighted by atomic mass is 9.95. The van der Waals surface area contributed by atoms with E-state index in [4.69, 9.17) is 0 Å². The van der Waals surface area contributed by atoms with Gasteiger partial charge in [-0.3, -0.25) is 4.40 Å². The smallest absolute Gasteiger partial charge is 0.169 e. The third kappa shape index (κ3) is 3.29. The quantitative estimate of drug-likeness (QED) is 0.265. The van der Waals surface area contributed by atoms with E-state index in [-0.39, 0.29) is 0 Å². The first-order valence-electron chi connectivity index (χ1n) is 12.2. The highest BCUT2D eigenvalue weighted by Gasteiger charge is 2.15. The summed E-state index contributed by atoms with van der Waals surface area (Å²) in [5.74, 6) is 0.851. The molecule has 0 fully saturated rings. The van der Waals surface area contributed by atoms with E-state index < -0.39 is 0 Å². The highest BCUT2D eigenvalue weighted by molar-refractivity contribution is 6.04. The molecule has 0 spiro atoms. The third-order valence-corrected chi connectivity index (χ3v) is 7.02. The molecule has 0 aliphatic carbocycles. The normalized spacial score (nSPS) is 11.5. The molecule has 7 aromatic rings. The van der Waals surface area contributed by atoms with Gasteiger partial charge in [-0.2, -0.15) is 0 Å². The van der Waals surface area contributed by atoms with Crippen LogP contribution in [0.4, 0.5) is 0 Å². The van der Waals surface area contributed by atoms with Crippen LogP contribution in [-0.2, 0) is 0 Å². The van der Waals surface area contributed by atoms with Crippen LogP contribution >= 0.6 is 0 Å². The summed E-state index contributed by atoms with van der Waals surface area (Å²) in [6.45, 7) is 2.10. The highest BCUT2D eigenvalue weighted by Crippen LogP contribution is 2.35. The van der Waals surface area contributed by atoms with Gasteiger partial charge in [-0.25, -0.2) is 0 Å². The largest absolute Gasteiger partial charge is 0.281 e. The lowest BCUT2D eigenvalue weighted by Gasteiger charge is -2.12. The van der Waals surface area contributed by atoms with Crippen LogP contribution in [0.15, 0.2) is 121 Å². The average molecular weight is 462 g/mol. The fourth-order valence-corrected chi connectivity index (χ4v) is 5.14. The van der Waals surface area contributed by atoms with Crippen LogP contribution in [0.1, 0.15) is 5.56 Å². The van der Waals surface area contributed by atoms with E-state index in [0.29, 0.717) is 0 Å². The minimum Gasteiger partial charge on any atom is -0.281 e. The van der Waals surface area contributed by atoms with E-state index in [0.717, 1.165) is 28.0 Å². The van der Waals surface area contributed by atoms with E-state index in [1.54, 1.807) is 0 Å². The van der Waals surface area contributed by atoms with Crippen LogP contribution in [0.3, 0.4) is 0 Å². The predicted molar refractivity (Wildman–Crippen MR) is 149 cm³/mol. The lowest BCUT2D eigenvalue weighted by Crippen LogP contribution is -1.94. The van der Waals surface area contributed by atoms with Gasteiger partial charge in [0.15, 0.2) is 11.5 Å². The Morgan fingerprint density at radius 3 is 1.89 bits per heavy atom. The molecular weight excluding hydrogens is 438 g/mol. The number of fused-ring (bicyclic) bond motifs is 4. The van der Waals surface area contributed by atoms with Gasteiger partial charge in [0.1, 0.15) is 0 Å². The van der Waals surface area contributed by atoms with Gasteiger partial charge in [-0.05, 0) is 39.8 Å². The zero-order valence-corrected chi connectivity index (χ0v) is 19.9. The molecule has 170 valence electrons. The van der Waals surface area contributed by atoms with Gasteiger partial charge in [0.25, 0.3) is 0 Å². The summed E-state index contributed by atoms with van der Waals surface area (Å²) >= 11 is 0. The Balaban J connectivity index is 1.41. The monoisotopic (exact) mass is 461 g/mol. The number of hydrogen-bond acceptors (Lipinski definition) is 2. The fourth-order valence-electron chi connectivity index (χ4n) is 5.14. The lowest BCUT2D eigenvalue weighted by molar-refractivity contribution is 1.11. The van der Waals surface area contributed by atoms with Crippen molar-refractivity contribution >= 4 is 27.2 Å². The summed E-state index contributed by atoms with van der Waals surface area (Å²) in [4.78, 5) is 0. The molecule has 3 nitrogen and oxygen atoms in total. The van der Waals surface area contributed by atoms with Crippen molar-refractivity contribution in [1.29, 1.82) is 0 Å². The van der Waals surface area contributed by atoms with E-state index in [1.807, 2.05) is 0 Å². The maximum atomic E-state index is 4.58. The summed E-state index contributed by atoms with van der Waals surface area (Å²) in [6, 6.07) is 40.8. The third-order valence-electron chi connectivity index (χ3n) is 7.02. The van der Waals surface area contributed by atoms with Gasteiger partial charge < -0.3 is 0 Å². The van der Waals surface area contributed by atoms with E-state index in [9.17, 15) is 0 Å². The summed E-state index contributed by atoms with van der Waals surface area (Å²) in [7, 11) is 0. The van der Waals surface area contributed by atoms with E-state index in [2.05, 4.69) is 143 Å². The van der Waals surface area contributed by atoms with Crippen LogP contribution < -0.4 is 0 Å². The zero-order chi connectivity index (χ0) is 24.1. The molecule has 0 saturated heterocycles. The molecule has 0 atom stereocenters. The Kier molecular flexibility index (Phi) is 4.68. The first kappa shape index (κ1) is 20.6. The van der Waals surface area contributed by atoms with Crippen molar-refractivity contribution in [3.63, 3.8) is 0 Å². The molecule has 0 bridgehead atoms. The minimum absolute atomic E-state index is 0.851. The number of rotatable bonds is 3. The Morgan fingerprint density at radius 1 is 0.500 bits per heavy atom. The average Bonchev–Trinajstić information content (AvgIpc) is 3.37. The molecule has 2 aromatic heterocycles. The number of nitrogens with zero attached hydrogens (tertiary/aromatic N) is 3. The topological polar surface area (TPSA) is 30.2 Å². The van der Waals surface area contributed by atoms with Crippen LogP contribution in [0.5, 0.6) is 0 Å². The first-order valence-corrected chi connectivity index (χ1v) is 12.2. The van der Waals surface area contributed by atoms with Crippen molar-refractivity contribution in [2.45, 2.75) is 6.92 Å². The van der Waals surface area contributed by atoms with Gasteiger partial charge in [0, 0.05) is 22.7 Å². The van der Waals surface area contributed by atoms with Crippen molar-refractivity contribution in [2.75, 3.05) is 0 Å². The summed E-state index contributed by atoms with van der Waals surface area (Å²) in [5.41, 5.74) is 7.95. The molecule has 36 heavy (non-hydrogen) atoms. The minimum atomic E-state index is 0.851. The van der Waals surface area contributed by atoms with Crippen LogP contribution in [0, 0.1) is 6.92 Å². The molecule has 3 heteroatoms. The molecule has 0 N–H and O–H groups in total. The number of pyridine rings is 1. The van der Waals surface area contributed by atoms with Gasteiger partial charge in [-0.15, -0.1) is 10.2 Å². The Bertz CT molecular complexity index is 1870. The van der Waals surface area contributed by atoms with E-state index in [1.165, 1.54) is 38.4 Å². The number of hydrogen-bond donors (Lipinski definition) is 0. The molecular formula is C33H23N3. The summed E-state index contributed by atoms with van der Waals surface area (Å²) in [5, 5.41) is 13.9. The number of aryl methyl sites for hydroxylation is 1. The molecule has 0 aliphatic heterocycles. The van der Waals surface area contributed by atoms with Crippen molar-refractivity contribution in [3.05, 3.63) is 127 Å². The first-order chi connectivity index (χ1) is 17.8. The second kappa shape index (κ2) is 8.17. The maximum Gasteiger partial charge on any atom is 0.169 e. The maximum absolute atomic E-state index is 4.58. The molecule has 7 rings (SSSR count). The predicted octanol–water partition coefficient (Wildman–Crippen LogP) is 8.35. The molecule has 0 saturated carbocycles. The Labute approximate surface area is 209 Å². The van der Waals surface area contributed by atoms with Gasteiger partial charge in [0.2, 0.25) is 0 Å². The van der Waals surface area contributed by atoms with Crippen molar-refractivity contribution in [2.24, 2.45) is 0 Å². The number of aromatic nitrogens is 3. The number of benzene rings is 5. The SMILES string of the molecule is Cc1ccc(-c2nnc3c4ccccc4c(-c4ccc(-c5cccc6ccccc56)cc4)cn23)cc1. The second-order valence-electron chi connectivity index (χ2n) is 9.28. The van der Waals surface area contributed by atoms with Crippen LogP contribution in [-0.4, -0.2) is 14.6 Å². The second-order valence-corrected chi connectivity index (χ2v) is 9.28. The Hall–Kier alpha value is -4.76. The van der Waals surface area contributed by atoms with Crippen molar-refractivity contribution in [1.82, 2.24) is 14.6 Å². The van der Waals surface area contributed by atoms with Gasteiger partial charge >= 0.3 is 0 Å². The highest BCUT2D eigenvalue weighted by atomic mass is 15.2. The summed E-state index contributed by atoms with van der Waals surface area (Å²) in [6.07, 6.45) is 2.18. The van der Waals surface area contributed by atoms with Crippen molar-refractivity contribution in [3.8, 4) is 33.6 Å². The zero-order valence-electron chi connectivity index (χ0n) is 19.9. The molecule has 5 aromatic carbocycles. The molecule has 2 heterocycles. The molecule has 0 aliphatic rings. The molecule has 0 radical (unpaired) electrons.